The van der Waals surface area contributed by atoms with Crippen LogP contribution in [0.1, 0.15) is 44.9 Å². The Labute approximate surface area is 128 Å². The highest BCUT2D eigenvalue weighted by molar-refractivity contribution is 5.31. The van der Waals surface area contributed by atoms with Crippen LogP contribution in [0, 0.1) is 23.7 Å². The minimum atomic E-state index is -0.871. The van der Waals surface area contributed by atoms with Crippen molar-refractivity contribution in [2.75, 3.05) is 6.61 Å². The van der Waals surface area contributed by atoms with Gasteiger partial charge in [0, 0.05) is 6.61 Å². The summed E-state index contributed by atoms with van der Waals surface area (Å²) in [5.74, 6) is 9.97. The molecule has 116 valence electrons. The molecule has 0 aromatic heterocycles. The molecule has 0 unspecified atom stereocenters. The van der Waals surface area contributed by atoms with Gasteiger partial charge >= 0.3 is 0 Å². The Morgan fingerprint density at radius 3 is 2.05 bits per heavy atom. The van der Waals surface area contributed by atoms with Gasteiger partial charge < -0.3 is 15.3 Å². The summed E-state index contributed by atoms with van der Waals surface area (Å²) in [6.07, 6.45) is 10.8. The average Bonchev–Trinajstić information content (AvgIpc) is 2.49. The van der Waals surface area contributed by atoms with Crippen molar-refractivity contribution in [3.63, 3.8) is 0 Å². The van der Waals surface area contributed by atoms with E-state index in [9.17, 15) is 5.11 Å². The largest absolute Gasteiger partial charge is 0.396 e. The molecule has 0 aliphatic heterocycles. The van der Waals surface area contributed by atoms with Crippen LogP contribution < -0.4 is 0 Å². The third-order valence-corrected chi connectivity index (χ3v) is 2.82. The van der Waals surface area contributed by atoms with Gasteiger partial charge in [0.2, 0.25) is 0 Å². The van der Waals surface area contributed by atoms with E-state index in [1.54, 1.807) is 6.08 Å². The van der Waals surface area contributed by atoms with Gasteiger partial charge in [-0.1, -0.05) is 56.3 Å². The van der Waals surface area contributed by atoms with Gasteiger partial charge in [-0.25, -0.2) is 0 Å². The molecule has 0 rings (SSSR count). The summed E-state index contributed by atoms with van der Waals surface area (Å²) in [5, 5.41) is 27.2. The summed E-state index contributed by atoms with van der Waals surface area (Å²) in [5.41, 5.74) is 0. The Morgan fingerprint density at radius 1 is 0.857 bits per heavy atom. The van der Waals surface area contributed by atoms with Crippen LogP contribution in [0.25, 0.3) is 0 Å². The molecule has 0 aromatic rings. The van der Waals surface area contributed by atoms with Crippen LogP contribution in [0.3, 0.4) is 0 Å². The van der Waals surface area contributed by atoms with Crippen molar-refractivity contribution in [2.45, 2.75) is 57.2 Å². The molecule has 0 fully saturated rings. The minimum absolute atomic E-state index is 0.290. The zero-order valence-electron chi connectivity index (χ0n) is 12.6. The van der Waals surface area contributed by atoms with Crippen LogP contribution in [0.2, 0.25) is 0 Å². The molecule has 0 aliphatic carbocycles. The maximum atomic E-state index is 9.54. The maximum Gasteiger partial charge on any atom is 0.134 e. The Balaban J connectivity index is 3.66. The van der Waals surface area contributed by atoms with Crippen LogP contribution >= 0.6 is 0 Å². The van der Waals surface area contributed by atoms with Gasteiger partial charge in [0.05, 0.1) is 0 Å². The van der Waals surface area contributed by atoms with Gasteiger partial charge in [0.25, 0.3) is 0 Å². The zero-order valence-corrected chi connectivity index (χ0v) is 12.6. The topological polar surface area (TPSA) is 60.7 Å². The van der Waals surface area contributed by atoms with Crippen LogP contribution in [0.15, 0.2) is 24.8 Å². The number of hydrogen-bond donors (Lipinski definition) is 3. The number of hydrogen-bond acceptors (Lipinski definition) is 3. The molecule has 0 amide bonds. The highest BCUT2D eigenvalue weighted by Crippen LogP contribution is 2.07. The summed E-state index contributed by atoms with van der Waals surface area (Å²) < 4.78 is 0. The van der Waals surface area contributed by atoms with Gasteiger partial charge in [0.15, 0.2) is 0 Å². The van der Waals surface area contributed by atoms with E-state index < -0.39 is 12.2 Å². The van der Waals surface area contributed by atoms with Gasteiger partial charge in [-0.2, -0.15) is 0 Å². The first-order valence-corrected chi connectivity index (χ1v) is 7.48. The lowest BCUT2D eigenvalue weighted by Gasteiger charge is -1.99. The van der Waals surface area contributed by atoms with Crippen molar-refractivity contribution < 1.29 is 15.3 Å². The molecule has 3 heteroatoms. The Bertz CT molecular complexity index is 404. The molecular formula is C18H26O3. The lowest BCUT2D eigenvalue weighted by Crippen LogP contribution is -1.97. The van der Waals surface area contributed by atoms with Crippen LogP contribution in [0.4, 0.5) is 0 Å². The van der Waals surface area contributed by atoms with Crippen molar-refractivity contribution in [2.24, 2.45) is 0 Å². The monoisotopic (exact) mass is 290 g/mol. The van der Waals surface area contributed by atoms with Gasteiger partial charge in [-0.15, -0.1) is 0 Å². The number of allylic oxidation sites excluding steroid dienone is 1. The second-order valence-electron chi connectivity index (χ2n) is 4.73. The number of aliphatic hydroxyl groups is 3. The molecule has 0 heterocycles. The number of unbranched alkanes of at least 4 members (excludes halogenated alkanes) is 6. The van der Waals surface area contributed by atoms with E-state index in [-0.39, 0.29) is 0 Å². The molecule has 0 bridgehead atoms. The van der Waals surface area contributed by atoms with Gasteiger partial charge in [0.1, 0.15) is 12.2 Å². The number of aliphatic hydroxyl groups excluding tert-OH is 3. The quantitative estimate of drug-likeness (QED) is 0.328. The predicted octanol–water partition coefficient (Wildman–Crippen LogP) is 2.18. The molecule has 3 N–H and O–H groups in total. The Morgan fingerprint density at radius 2 is 1.43 bits per heavy atom. The lowest BCUT2D eigenvalue weighted by molar-refractivity contribution is 0.280. The fourth-order valence-electron chi connectivity index (χ4n) is 1.63. The average molecular weight is 290 g/mol. The van der Waals surface area contributed by atoms with Gasteiger partial charge in [-0.05, 0) is 37.2 Å². The van der Waals surface area contributed by atoms with Gasteiger partial charge in [-0.3, -0.25) is 0 Å². The number of rotatable bonds is 10. The normalized spacial score (nSPS) is 12.9. The van der Waals surface area contributed by atoms with Crippen molar-refractivity contribution in [1.29, 1.82) is 0 Å². The van der Waals surface area contributed by atoms with E-state index in [2.05, 4.69) is 30.3 Å². The second kappa shape index (κ2) is 14.9. The van der Waals surface area contributed by atoms with Crippen molar-refractivity contribution in [3.05, 3.63) is 24.8 Å². The van der Waals surface area contributed by atoms with Crippen LogP contribution in [-0.2, 0) is 0 Å². The maximum absolute atomic E-state index is 9.54. The molecule has 0 saturated carbocycles. The fourth-order valence-corrected chi connectivity index (χ4v) is 1.63. The van der Waals surface area contributed by atoms with E-state index in [0.29, 0.717) is 6.61 Å². The first-order valence-electron chi connectivity index (χ1n) is 7.48. The van der Waals surface area contributed by atoms with E-state index in [1.807, 2.05) is 6.08 Å². The Kier molecular flexibility index (Phi) is 13.8. The zero-order chi connectivity index (χ0) is 15.8. The van der Waals surface area contributed by atoms with Crippen LogP contribution in [0.5, 0.6) is 0 Å². The van der Waals surface area contributed by atoms with Crippen molar-refractivity contribution in [3.8, 4) is 23.7 Å². The summed E-state index contributed by atoms with van der Waals surface area (Å²) in [4.78, 5) is 0. The molecular weight excluding hydrogens is 264 g/mol. The molecule has 0 spiro atoms. The van der Waals surface area contributed by atoms with Crippen LogP contribution in [-0.4, -0.2) is 34.1 Å². The van der Waals surface area contributed by atoms with E-state index in [0.717, 1.165) is 25.7 Å². The lowest BCUT2D eigenvalue weighted by atomic mass is 10.1. The smallest absolute Gasteiger partial charge is 0.134 e. The molecule has 3 nitrogen and oxygen atoms in total. The minimum Gasteiger partial charge on any atom is -0.396 e. The van der Waals surface area contributed by atoms with E-state index in [1.165, 1.54) is 25.3 Å². The molecule has 0 saturated heterocycles. The third kappa shape index (κ3) is 14.7. The highest BCUT2D eigenvalue weighted by atomic mass is 16.3. The van der Waals surface area contributed by atoms with E-state index in [4.69, 9.17) is 10.2 Å². The molecule has 2 atom stereocenters. The predicted molar refractivity (Wildman–Crippen MR) is 86.3 cm³/mol. The van der Waals surface area contributed by atoms with E-state index >= 15 is 0 Å². The summed E-state index contributed by atoms with van der Waals surface area (Å²) in [7, 11) is 0. The standard InChI is InChI=1S/C18H26O3/c1-2-17(20)13-10-11-15-18(21)14-9-7-5-3-4-6-8-12-16-19/h2,9,14,17-21H,1,3-8,12,16H2/b14-9+/t17-,18-/m1/s1. The second-order valence-corrected chi connectivity index (χ2v) is 4.73. The van der Waals surface area contributed by atoms with Crippen molar-refractivity contribution in [1.82, 2.24) is 0 Å². The first-order chi connectivity index (χ1) is 10.2. The molecule has 21 heavy (non-hydrogen) atoms. The van der Waals surface area contributed by atoms with Crippen molar-refractivity contribution >= 4 is 0 Å². The summed E-state index contributed by atoms with van der Waals surface area (Å²) in [6, 6.07) is 0. The molecule has 0 aromatic carbocycles. The molecule has 0 aliphatic rings. The third-order valence-electron chi connectivity index (χ3n) is 2.82. The fraction of sp³-hybridized carbons (Fsp3) is 0.556. The summed E-state index contributed by atoms with van der Waals surface area (Å²) in [6.45, 7) is 3.68. The molecule has 0 radical (unpaired) electrons. The SMILES string of the molecule is C=C[C@@H](O)C#CC#C[C@H](O)/C=C/CCCCCCCCO. The summed E-state index contributed by atoms with van der Waals surface area (Å²) >= 11 is 0. The first kappa shape index (κ1) is 19.5. The highest BCUT2D eigenvalue weighted by Gasteiger charge is 1.92. The Hall–Kier alpha value is -1.52.